The average molecular weight is 229 g/mol. The van der Waals surface area contributed by atoms with Crippen molar-refractivity contribution in [3.05, 3.63) is 30.2 Å². The van der Waals surface area contributed by atoms with Crippen LogP contribution in [-0.4, -0.2) is 10.1 Å². The van der Waals surface area contributed by atoms with Gasteiger partial charge in [0, 0.05) is 6.20 Å². The summed E-state index contributed by atoms with van der Waals surface area (Å²) in [6.07, 6.45) is -2.36. The predicted octanol–water partition coefficient (Wildman–Crippen LogP) is 2.34. The first kappa shape index (κ1) is 10.5. The van der Waals surface area contributed by atoms with Crippen LogP contribution < -0.4 is 5.73 Å². The highest BCUT2D eigenvalue weighted by Gasteiger charge is 2.36. The van der Waals surface area contributed by atoms with Crippen molar-refractivity contribution in [2.75, 3.05) is 5.73 Å². The van der Waals surface area contributed by atoms with Gasteiger partial charge in [0.25, 0.3) is 0 Å². The van der Waals surface area contributed by atoms with E-state index in [1.807, 2.05) is 0 Å². The first-order chi connectivity index (χ1) is 7.50. The molecule has 0 aliphatic rings. The van der Waals surface area contributed by atoms with Gasteiger partial charge in [0.05, 0.1) is 11.8 Å². The van der Waals surface area contributed by atoms with E-state index in [4.69, 9.17) is 5.73 Å². The molecule has 2 aromatic heterocycles. The van der Waals surface area contributed by atoms with E-state index in [9.17, 15) is 13.2 Å². The number of nitrogens with two attached hydrogens (primary N) is 1. The van der Waals surface area contributed by atoms with E-state index < -0.39 is 11.9 Å². The Morgan fingerprint density at radius 1 is 1.31 bits per heavy atom. The number of hydrogen-bond donors (Lipinski definition) is 1. The first-order valence-electron chi connectivity index (χ1n) is 4.23. The summed E-state index contributed by atoms with van der Waals surface area (Å²) in [5, 5.41) is 3.33. The molecule has 0 amide bonds. The second-order valence-corrected chi connectivity index (χ2v) is 3.01. The molecule has 2 heterocycles. The van der Waals surface area contributed by atoms with Gasteiger partial charge in [0.2, 0.25) is 0 Å². The fourth-order valence-electron chi connectivity index (χ4n) is 1.27. The van der Waals surface area contributed by atoms with Crippen molar-refractivity contribution in [2.24, 2.45) is 0 Å². The summed E-state index contributed by atoms with van der Waals surface area (Å²) in [6.45, 7) is 0. The van der Waals surface area contributed by atoms with E-state index in [0.717, 1.165) is 12.4 Å². The van der Waals surface area contributed by atoms with Crippen LogP contribution in [0.4, 0.5) is 18.9 Å². The Hall–Kier alpha value is -2.05. The van der Waals surface area contributed by atoms with Crippen LogP contribution in [-0.2, 0) is 6.18 Å². The molecular weight excluding hydrogens is 223 g/mol. The van der Waals surface area contributed by atoms with E-state index in [-0.39, 0.29) is 17.0 Å². The van der Waals surface area contributed by atoms with Crippen molar-refractivity contribution in [1.29, 1.82) is 0 Å². The summed E-state index contributed by atoms with van der Waals surface area (Å²) in [6, 6.07) is 2.60. The Morgan fingerprint density at radius 2 is 2.06 bits per heavy atom. The summed E-state index contributed by atoms with van der Waals surface area (Å²) >= 11 is 0. The summed E-state index contributed by atoms with van der Waals surface area (Å²) in [4.78, 5) is 3.28. The maximum atomic E-state index is 12.6. The molecule has 0 saturated carbocycles. The van der Waals surface area contributed by atoms with Crippen LogP contribution in [0, 0.1) is 0 Å². The third-order valence-electron chi connectivity index (χ3n) is 1.92. The zero-order valence-corrected chi connectivity index (χ0v) is 7.82. The highest BCUT2D eigenvalue weighted by Crippen LogP contribution is 2.37. The first-order valence-corrected chi connectivity index (χ1v) is 4.23. The molecule has 84 valence electrons. The second kappa shape index (κ2) is 3.51. The van der Waals surface area contributed by atoms with Gasteiger partial charge in [-0.25, -0.2) is 0 Å². The minimum absolute atomic E-state index is 0.0403. The molecule has 0 unspecified atom stereocenters. The van der Waals surface area contributed by atoms with Gasteiger partial charge in [0.15, 0.2) is 11.5 Å². The summed E-state index contributed by atoms with van der Waals surface area (Å²) in [5.41, 5.74) is 4.21. The minimum atomic E-state index is -4.56. The van der Waals surface area contributed by atoms with E-state index in [0.29, 0.717) is 0 Å². The normalized spacial score (nSPS) is 11.7. The number of aromatic nitrogens is 2. The van der Waals surface area contributed by atoms with Crippen LogP contribution in [0.2, 0.25) is 0 Å². The maximum absolute atomic E-state index is 12.6. The van der Waals surface area contributed by atoms with Crippen LogP contribution in [0.5, 0.6) is 0 Å². The molecule has 16 heavy (non-hydrogen) atoms. The van der Waals surface area contributed by atoms with Crippen molar-refractivity contribution >= 4 is 5.69 Å². The molecule has 2 aromatic rings. The molecule has 0 saturated heterocycles. The number of rotatable bonds is 1. The number of pyridine rings is 1. The van der Waals surface area contributed by atoms with E-state index in [1.165, 1.54) is 12.1 Å². The smallest absolute Gasteiger partial charge is 0.394 e. The van der Waals surface area contributed by atoms with Gasteiger partial charge >= 0.3 is 6.18 Å². The molecule has 0 bridgehead atoms. The number of nitrogens with zero attached hydrogens (tertiary/aromatic N) is 2. The summed E-state index contributed by atoms with van der Waals surface area (Å²) in [5.74, 6) is -0.125. The van der Waals surface area contributed by atoms with Crippen LogP contribution in [0.25, 0.3) is 11.3 Å². The number of halogens is 3. The molecule has 0 radical (unpaired) electrons. The third kappa shape index (κ3) is 1.71. The Balaban J connectivity index is 2.62. The average Bonchev–Trinajstić information content (AvgIpc) is 2.63. The Kier molecular flexibility index (Phi) is 2.30. The molecule has 0 atom stereocenters. The molecule has 2 rings (SSSR count). The highest BCUT2D eigenvalue weighted by atomic mass is 19.4. The zero-order valence-electron chi connectivity index (χ0n) is 7.82. The topological polar surface area (TPSA) is 64.9 Å². The minimum Gasteiger partial charge on any atom is -0.394 e. The fraction of sp³-hybridized carbons (Fsp3) is 0.111. The number of hydrogen-bond acceptors (Lipinski definition) is 4. The molecule has 4 nitrogen and oxygen atoms in total. The number of alkyl halides is 3. The quantitative estimate of drug-likeness (QED) is 0.815. The van der Waals surface area contributed by atoms with Crippen LogP contribution in [0.3, 0.4) is 0 Å². The summed E-state index contributed by atoms with van der Waals surface area (Å²) in [7, 11) is 0. The third-order valence-corrected chi connectivity index (χ3v) is 1.92. The lowest BCUT2D eigenvalue weighted by Gasteiger charge is -2.09. The Bertz CT molecular complexity index is 507. The predicted molar refractivity (Wildman–Crippen MR) is 49.1 cm³/mol. The van der Waals surface area contributed by atoms with Crippen molar-refractivity contribution in [2.45, 2.75) is 6.18 Å². The molecule has 0 fully saturated rings. The molecular formula is C9H6F3N3O. The van der Waals surface area contributed by atoms with Gasteiger partial charge in [-0.05, 0) is 12.1 Å². The van der Waals surface area contributed by atoms with Crippen molar-refractivity contribution < 1.29 is 17.7 Å². The van der Waals surface area contributed by atoms with Crippen molar-refractivity contribution in [1.82, 2.24) is 10.1 Å². The standard InChI is InChI=1S/C9H6F3N3O/c10-9(11,12)8-5(2-1-3-14-8)7-6(13)4-15-16-7/h1-4H,13H2. The van der Waals surface area contributed by atoms with Gasteiger partial charge in [0.1, 0.15) is 5.69 Å². The van der Waals surface area contributed by atoms with Gasteiger partial charge in [-0.1, -0.05) is 5.16 Å². The lowest BCUT2D eigenvalue weighted by atomic mass is 10.1. The highest BCUT2D eigenvalue weighted by molar-refractivity contribution is 5.71. The molecule has 7 heteroatoms. The molecule has 0 aliphatic heterocycles. The molecule has 2 N–H and O–H groups in total. The van der Waals surface area contributed by atoms with E-state index in [1.54, 1.807) is 0 Å². The fourth-order valence-corrected chi connectivity index (χ4v) is 1.27. The number of anilines is 1. The van der Waals surface area contributed by atoms with Gasteiger partial charge in [-0.3, -0.25) is 4.98 Å². The maximum Gasteiger partial charge on any atom is 0.434 e. The molecule has 0 spiro atoms. The SMILES string of the molecule is Nc1cnoc1-c1cccnc1C(F)(F)F. The molecule has 0 aromatic carbocycles. The largest absolute Gasteiger partial charge is 0.434 e. The van der Waals surface area contributed by atoms with Crippen molar-refractivity contribution in [3.63, 3.8) is 0 Å². The summed E-state index contributed by atoms with van der Waals surface area (Å²) < 4.78 is 42.5. The number of nitrogen functional groups attached to an aromatic ring is 1. The molecule has 0 aliphatic carbocycles. The monoisotopic (exact) mass is 229 g/mol. The lowest BCUT2D eigenvalue weighted by Crippen LogP contribution is -2.09. The van der Waals surface area contributed by atoms with Gasteiger partial charge < -0.3 is 10.3 Å². The zero-order chi connectivity index (χ0) is 11.8. The van der Waals surface area contributed by atoms with Crippen LogP contribution >= 0.6 is 0 Å². The lowest BCUT2D eigenvalue weighted by molar-refractivity contribution is -0.140. The second-order valence-electron chi connectivity index (χ2n) is 3.01. The van der Waals surface area contributed by atoms with Crippen molar-refractivity contribution in [3.8, 4) is 11.3 Å². The van der Waals surface area contributed by atoms with E-state index >= 15 is 0 Å². The Labute approximate surface area is 87.9 Å². The van der Waals surface area contributed by atoms with E-state index in [2.05, 4.69) is 14.7 Å². The van der Waals surface area contributed by atoms with Gasteiger partial charge in [-0.15, -0.1) is 0 Å². The van der Waals surface area contributed by atoms with Gasteiger partial charge in [-0.2, -0.15) is 13.2 Å². The Morgan fingerprint density at radius 3 is 2.62 bits per heavy atom. The van der Waals surface area contributed by atoms with Crippen LogP contribution in [0.1, 0.15) is 5.69 Å². The van der Waals surface area contributed by atoms with Crippen LogP contribution in [0.15, 0.2) is 29.0 Å².